The number of hydrogen-bond acceptors (Lipinski definition) is 2. The van der Waals surface area contributed by atoms with Crippen molar-refractivity contribution in [2.24, 2.45) is 0 Å². The lowest BCUT2D eigenvalue weighted by molar-refractivity contribution is 0.0696. The molecule has 4 nitrogen and oxygen atoms in total. The molecule has 0 unspecified atom stereocenters. The minimum Gasteiger partial charge on any atom is -0.478 e. The lowest BCUT2D eigenvalue weighted by atomic mass is 10.0. The van der Waals surface area contributed by atoms with Gasteiger partial charge in [0.2, 0.25) is 0 Å². The molecule has 0 aromatic heterocycles. The van der Waals surface area contributed by atoms with Crippen LogP contribution in [0.2, 0.25) is 0 Å². The first kappa shape index (κ1) is 13.8. The molecule has 2 N–H and O–H groups in total. The van der Waals surface area contributed by atoms with Crippen molar-refractivity contribution in [2.75, 3.05) is 0 Å². The van der Waals surface area contributed by atoms with Crippen molar-refractivity contribution in [3.05, 3.63) is 34.9 Å². The van der Waals surface area contributed by atoms with Crippen LogP contribution < -0.4 is 0 Å². The molecule has 0 radical (unpaired) electrons. The first-order valence-corrected chi connectivity index (χ1v) is 5.66. The molecule has 1 rings (SSSR count). The lowest BCUT2D eigenvalue weighted by Crippen LogP contribution is -2.07. The van der Waals surface area contributed by atoms with Crippen LogP contribution in [0.5, 0.6) is 0 Å². The summed E-state index contributed by atoms with van der Waals surface area (Å²) in [6.07, 6.45) is 2.52. The molecule has 0 bridgehead atoms. The number of hydrogen-bond donors (Lipinski definition) is 2. The number of aromatic carboxylic acids is 2. The van der Waals surface area contributed by atoms with Crippen molar-refractivity contribution in [3.63, 3.8) is 0 Å². The summed E-state index contributed by atoms with van der Waals surface area (Å²) >= 11 is 0. The van der Waals surface area contributed by atoms with E-state index in [4.69, 9.17) is 10.2 Å². The summed E-state index contributed by atoms with van der Waals surface area (Å²) in [5.74, 6) is 3.15. The van der Waals surface area contributed by atoms with Gasteiger partial charge in [-0.1, -0.05) is 31.3 Å². The van der Waals surface area contributed by atoms with E-state index >= 15 is 0 Å². The molecule has 0 aliphatic rings. The van der Waals surface area contributed by atoms with Crippen LogP contribution in [0.4, 0.5) is 0 Å². The van der Waals surface area contributed by atoms with Crippen LogP contribution in [0.25, 0.3) is 0 Å². The van der Waals surface area contributed by atoms with E-state index in [0.717, 1.165) is 12.8 Å². The van der Waals surface area contributed by atoms with E-state index in [1.54, 1.807) is 0 Å². The Hall–Kier alpha value is -2.28. The van der Waals surface area contributed by atoms with Gasteiger partial charge in [0.1, 0.15) is 0 Å². The van der Waals surface area contributed by atoms with Gasteiger partial charge in [-0.05, 0) is 18.6 Å². The summed E-state index contributed by atoms with van der Waals surface area (Å²) in [6.45, 7) is 2.02. The Kier molecular flexibility index (Phi) is 4.94. The first-order valence-electron chi connectivity index (χ1n) is 5.66. The van der Waals surface area contributed by atoms with E-state index in [1.807, 2.05) is 6.92 Å². The topological polar surface area (TPSA) is 74.6 Å². The zero-order chi connectivity index (χ0) is 13.5. The third-order valence-electron chi connectivity index (χ3n) is 2.39. The molecular weight excluding hydrogens is 232 g/mol. The van der Waals surface area contributed by atoms with Crippen molar-refractivity contribution in [2.45, 2.75) is 26.2 Å². The van der Waals surface area contributed by atoms with Crippen molar-refractivity contribution in [1.82, 2.24) is 0 Å². The third-order valence-corrected chi connectivity index (χ3v) is 2.39. The molecule has 4 heteroatoms. The molecule has 0 spiro atoms. The molecule has 94 valence electrons. The number of rotatable bonds is 4. The van der Waals surface area contributed by atoms with E-state index in [9.17, 15) is 9.59 Å². The number of carbonyl (C=O) groups is 2. The fourth-order valence-corrected chi connectivity index (χ4v) is 1.46. The zero-order valence-corrected chi connectivity index (χ0v) is 10.1. The van der Waals surface area contributed by atoms with Gasteiger partial charge in [-0.15, -0.1) is 0 Å². The maximum Gasteiger partial charge on any atom is 0.336 e. The number of carboxylic acids is 2. The molecule has 0 heterocycles. The molecule has 1 aromatic carbocycles. The van der Waals surface area contributed by atoms with Crippen LogP contribution >= 0.6 is 0 Å². The number of carboxylic acid groups (broad SMARTS) is 2. The molecule has 18 heavy (non-hydrogen) atoms. The Morgan fingerprint density at radius 1 is 1.17 bits per heavy atom. The average molecular weight is 246 g/mol. The van der Waals surface area contributed by atoms with E-state index in [0.29, 0.717) is 6.42 Å². The van der Waals surface area contributed by atoms with Crippen molar-refractivity contribution >= 4 is 11.9 Å². The standard InChI is InChI=1S/C14H14O4/c1-2-3-4-5-7-10-11(13(15)16)8-6-9-12(10)14(17)18/h6,8-9H,2-4H2,1H3,(H,15,16)(H,17,18). The molecule has 0 atom stereocenters. The molecule has 0 fully saturated rings. The van der Waals surface area contributed by atoms with E-state index in [1.165, 1.54) is 18.2 Å². The molecule has 0 aliphatic carbocycles. The summed E-state index contributed by atoms with van der Waals surface area (Å²) < 4.78 is 0. The minimum atomic E-state index is -1.17. The summed E-state index contributed by atoms with van der Waals surface area (Å²) in [5.41, 5.74) is -0.0635. The summed E-state index contributed by atoms with van der Waals surface area (Å²) in [4.78, 5) is 22.0. The lowest BCUT2D eigenvalue weighted by Gasteiger charge is -2.03. The second-order valence-electron chi connectivity index (χ2n) is 3.74. The highest BCUT2D eigenvalue weighted by atomic mass is 16.4. The quantitative estimate of drug-likeness (QED) is 0.632. The van der Waals surface area contributed by atoms with Crippen LogP contribution in [-0.4, -0.2) is 22.2 Å². The number of benzene rings is 1. The van der Waals surface area contributed by atoms with Crippen molar-refractivity contribution in [3.8, 4) is 11.8 Å². The normalized spacial score (nSPS) is 9.39. The summed E-state index contributed by atoms with van der Waals surface area (Å²) in [7, 11) is 0. The Morgan fingerprint density at radius 2 is 1.72 bits per heavy atom. The minimum absolute atomic E-state index is 0.0705. The van der Waals surface area contributed by atoms with Gasteiger partial charge in [-0.2, -0.15) is 0 Å². The largest absolute Gasteiger partial charge is 0.478 e. The van der Waals surface area contributed by atoms with Gasteiger partial charge in [0.05, 0.1) is 16.7 Å². The van der Waals surface area contributed by atoms with Crippen LogP contribution in [0, 0.1) is 11.8 Å². The van der Waals surface area contributed by atoms with Gasteiger partial charge in [0.25, 0.3) is 0 Å². The molecule has 0 saturated carbocycles. The van der Waals surface area contributed by atoms with Gasteiger partial charge in [-0.3, -0.25) is 0 Å². The Balaban J connectivity index is 3.22. The van der Waals surface area contributed by atoms with E-state index in [-0.39, 0.29) is 16.7 Å². The van der Waals surface area contributed by atoms with Gasteiger partial charge in [0.15, 0.2) is 0 Å². The maximum atomic E-state index is 11.0. The van der Waals surface area contributed by atoms with E-state index in [2.05, 4.69) is 11.8 Å². The van der Waals surface area contributed by atoms with Gasteiger partial charge < -0.3 is 10.2 Å². The van der Waals surface area contributed by atoms with Crippen LogP contribution in [0.15, 0.2) is 18.2 Å². The fraction of sp³-hybridized carbons (Fsp3) is 0.286. The molecule has 0 saturated heterocycles. The predicted molar refractivity (Wildman–Crippen MR) is 66.8 cm³/mol. The average Bonchev–Trinajstić information content (AvgIpc) is 2.34. The molecule has 1 aromatic rings. The van der Waals surface area contributed by atoms with Crippen molar-refractivity contribution in [1.29, 1.82) is 0 Å². The monoisotopic (exact) mass is 246 g/mol. The van der Waals surface area contributed by atoms with Gasteiger partial charge >= 0.3 is 11.9 Å². The highest BCUT2D eigenvalue weighted by molar-refractivity contribution is 5.98. The summed E-state index contributed by atoms with van der Waals surface area (Å²) in [6, 6.07) is 4.13. The van der Waals surface area contributed by atoms with Crippen LogP contribution in [-0.2, 0) is 0 Å². The fourth-order valence-electron chi connectivity index (χ4n) is 1.46. The number of unbranched alkanes of at least 4 members (excludes halogenated alkanes) is 2. The molecular formula is C14H14O4. The highest BCUT2D eigenvalue weighted by Crippen LogP contribution is 2.14. The summed E-state index contributed by atoms with van der Waals surface area (Å²) in [5, 5.41) is 18.0. The SMILES string of the molecule is CCCCC#Cc1c(C(=O)O)cccc1C(=O)O. The van der Waals surface area contributed by atoms with E-state index < -0.39 is 11.9 Å². The second kappa shape index (κ2) is 6.45. The Morgan fingerprint density at radius 3 is 2.17 bits per heavy atom. The van der Waals surface area contributed by atoms with Crippen LogP contribution in [0.3, 0.4) is 0 Å². The molecule has 0 amide bonds. The Bertz CT molecular complexity index is 488. The second-order valence-corrected chi connectivity index (χ2v) is 3.74. The first-order chi connectivity index (χ1) is 8.57. The third kappa shape index (κ3) is 3.36. The van der Waals surface area contributed by atoms with Crippen molar-refractivity contribution < 1.29 is 19.8 Å². The maximum absolute atomic E-state index is 11.0. The highest BCUT2D eigenvalue weighted by Gasteiger charge is 2.16. The van der Waals surface area contributed by atoms with Gasteiger partial charge in [0, 0.05) is 6.42 Å². The molecule has 0 aliphatic heterocycles. The van der Waals surface area contributed by atoms with Gasteiger partial charge in [-0.25, -0.2) is 9.59 Å². The Labute approximate surface area is 105 Å². The van der Waals surface area contributed by atoms with Crippen LogP contribution in [0.1, 0.15) is 52.5 Å². The smallest absolute Gasteiger partial charge is 0.336 e. The zero-order valence-electron chi connectivity index (χ0n) is 10.1. The predicted octanol–water partition coefficient (Wildman–Crippen LogP) is 2.62.